The first-order valence-corrected chi connectivity index (χ1v) is 10.6. The molecule has 1 aromatic carbocycles. The summed E-state index contributed by atoms with van der Waals surface area (Å²) in [6.45, 7) is 10.2. The maximum atomic E-state index is 12.5. The van der Waals surface area contributed by atoms with Gasteiger partial charge in [-0.05, 0) is 49.9 Å². The SMILES string of the molecule is Cc1ccc(NC(=O)CN2CCN(CC(=O)N3CCCCCC3)CC2)cc1C. The van der Waals surface area contributed by atoms with Crippen LogP contribution in [0.15, 0.2) is 18.2 Å². The third-order valence-corrected chi connectivity index (χ3v) is 5.94. The number of benzene rings is 1. The molecule has 0 spiro atoms. The van der Waals surface area contributed by atoms with Gasteiger partial charge >= 0.3 is 0 Å². The number of likely N-dealkylation sites (tertiary alicyclic amines) is 1. The second-order valence-corrected chi connectivity index (χ2v) is 8.19. The van der Waals surface area contributed by atoms with Crippen molar-refractivity contribution in [2.75, 3.05) is 57.7 Å². The van der Waals surface area contributed by atoms with E-state index in [9.17, 15) is 9.59 Å². The van der Waals surface area contributed by atoms with E-state index in [1.807, 2.05) is 23.1 Å². The molecule has 0 aliphatic carbocycles. The number of hydrogen-bond donors (Lipinski definition) is 1. The Kier molecular flexibility index (Phi) is 7.45. The number of hydrogen-bond acceptors (Lipinski definition) is 4. The molecule has 1 N–H and O–H groups in total. The van der Waals surface area contributed by atoms with Crippen molar-refractivity contribution in [1.82, 2.24) is 14.7 Å². The lowest BCUT2D eigenvalue weighted by atomic mass is 10.1. The number of aryl methyl sites for hydroxylation is 2. The number of nitrogens with one attached hydrogen (secondary N) is 1. The maximum absolute atomic E-state index is 12.5. The predicted molar refractivity (Wildman–Crippen MR) is 112 cm³/mol. The number of anilines is 1. The zero-order valence-corrected chi connectivity index (χ0v) is 17.4. The Balaban J connectivity index is 1.39. The summed E-state index contributed by atoms with van der Waals surface area (Å²) >= 11 is 0. The number of piperazine rings is 1. The summed E-state index contributed by atoms with van der Waals surface area (Å²) in [7, 11) is 0. The average molecular weight is 387 g/mol. The van der Waals surface area contributed by atoms with Crippen LogP contribution < -0.4 is 5.32 Å². The van der Waals surface area contributed by atoms with Crippen molar-refractivity contribution >= 4 is 17.5 Å². The van der Waals surface area contributed by atoms with Crippen molar-refractivity contribution in [3.05, 3.63) is 29.3 Å². The average Bonchev–Trinajstić information content (AvgIpc) is 2.96. The van der Waals surface area contributed by atoms with Gasteiger partial charge < -0.3 is 10.2 Å². The summed E-state index contributed by atoms with van der Waals surface area (Å²) in [5.41, 5.74) is 3.26. The van der Waals surface area contributed by atoms with Gasteiger partial charge in [0.2, 0.25) is 11.8 Å². The Labute approximate surface area is 168 Å². The van der Waals surface area contributed by atoms with Crippen LogP contribution in [-0.4, -0.2) is 78.9 Å². The van der Waals surface area contributed by atoms with Crippen LogP contribution in [0.1, 0.15) is 36.8 Å². The summed E-state index contributed by atoms with van der Waals surface area (Å²) in [4.78, 5) is 31.3. The van der Waals surface area contributed by atoms with Gasteiger partial charge in [0.15, 0.2) is 0 Å². The molecule has 2 aliphatic heterocycles. The first kappa shape index (κ1) is 20.8. The normalized spacial score (nSPS) is 19.3. The van der Waals surface area contributed by atoms with Crippen LogP contribution in [-0.2, 0) is 9.59 Å². The van der Waals surface area contributed by atoms with E-state index in [-0.39, 0.29) is 11.8 Å². The van der Waals surface area contributed by atoms with Gasteiger partial charge in [-0.3, -0.25) is 19.4 Å². The molecular formula is C22H34N4O2. The number of nitrogens with zero attached hydrogens (tertiary/aromatic N) is 3. The van der Waals surface area contributed by atoms with Crippen molar-refractivity contribution in [3.8, 4) is 0 Å². The van der Waals surface area contributed by atoms with E-state index in [4.69, 9.17) is 0 Å². The van der Waals surface area contributed by atoms with Gasteiger partial charge in [-0.1, -0.05) is 18.9 Å². The highest BCUT2D eigenvalue weighted by atomic mass is 16.2. The highest BCUT2D eigenvalue weighted by Gasteiger charge is 2.23. The Morgan fingerprint density at radius 3 is 2.04 bits per heavy atom. The third kappa shape index (κ3) is 6.04. The van der Waals surface area contributed by atoms with Crippen LogP contribution >= 0.6 is 0 Å². The zero-order valence-electron chi connectivity index (χ0n) is 17.4. The second kappa shape index (κ2) is 10.0. The molecule has 0 atom stereocenters. The van der Waals surface area contributed by atoms with Crippen LogP contribution in [0.3, 0.4) is 0 Å². The van der Waals surface area contributed by atoms with Crippen molar-refractivity contribution < 1.29 is 9.59 Å². The quantitative estimate of drug-likeness (QED) is 0.843. The minimum atomic E-state index is 0.0253. The molecule has 28 heavy (non-hydrogen) atoms. The molecule has 6 heteroatoms. The topological polar surface area (TPSA) is 55.9 Å². The molecule has 0 saturated carbocycles. The van der Waals surface area contributed by atoms with Crippen LogP contribution in [0.5, 0.6) is 0 Å². The molecule has 3 rings (SSSR count). The molecule has 0 radical (unpaired) electrons. The lowest BCUT2D eigenvalue weighted by molar-refractivity contribution is -0.133. The van der Waals surface area contributed by atoms with Gasteiger partial charge in [0.25, 0.3) is 0 Å². The highest BCUT2D eigenvalue weighted by Crippen LogP contribution is 2.14. The Hall–Kier alpha value is -1.92. The number of carbonyl (C=O) groups is 2. The van der Waals surface area contributed by atoms with Crippen molar-refractivity contribution in [2.24, 2.45) is 0 Å². The first-order chi connectivity index (χ1) is 13.5. The molecule has 1 aromatic rings. The Bertz CT molecular complexity index is 675. The molecule has 2 fully saturated rings. The van der Waals surface area contributed by atoms with E-state index in [0.717, 1.165) is 57.8 Å². The number of rotatable bonds is 5. The first-order valence-electron chi connectivity index (χ1n) is 10.6. The van der Waals surface area contributed by atoms with Crippen LogP contribution in [0.2, 0.25) is 0 Å². The van der Waals surface area contributed by atoms with Gasteiger partial charge in [0.05, 0.1) is 13.1 Å². The largest absolute Gasteiger partial charge is 0.342 e. The minimum absolute atomic E-state index is 0.0253. The van der Waals surface area contributed by atoms with Crippen molar-refractivity contribution in [1.29, 1.82) is 0 Å². The maximum Gasteiger partial charge on any atom is 0.238 e. The van der Waals surface area contributed by atoms with E-state index in [1.54, 1.807) is 0 Å². The molecule has 154 valence electrons. The molecule has 0 unspecified atom stereocenters. The summed E-state index contributed by atoms with van der Waals surface area (Å²) in [5, 5.41) is 2.99. The van der Waals surface area contributed by atoms with E-state index in [1.165, 1.54) is 24.0 Å². The number of carbonyl (C=O) groups excluding carboxylic acids is 2. The fourth-order valence-corrected chi connectivity index (χ4v) is 3.94. The summed E-state index contributed by atoms with van der Waals surface area (Å²) in [6.07, 6.45) is 4.75. The lowest BCUT2D eigenvalue weighted by Crippen LogP contribution is -2.51. The fourth-order valence-electron chi connectivity index (χ4n) is 3.94. The van der Waals surface area contributed by atoms with Gasteiger partial charge in [-0.25, -0.2) is 0 Å². The number of amides is 2. The van der Waals surface area contributed by atoms with E-state index in [2.05, 4.69) is 29.0 Å². The summed E-state index contributed by atoms with van der Waals surface area (Å²) < 4.78 is 0. The summed E-state index contributed by atoms with van der Waals surface area (Å²) in [6, 6.07) is 6.00. The highest BCUT2D eigenvalue weighted by molar-refractivity contribution is 5.92. The summed E-state index contributed by atoms with van der Waals surface area (Å²) in [5.74, 6) is 0.292. The molecule has 6 nitrogen and oxygen atoms in total. The smallest absolute Gasteiger partial charge is 0.238 e. The molecule has 2 aliphatic rings. The fraction of sp³-hybridized carbons (Fsp3) is 0.636. The van der Waals surface area contributed by atoms with Gasteiger partial charge in [0.1, 0.15) is 0 Å². The molecule has 0 aromatic heterocycles. The van der Waals surface area contributed by atoms with Gasteiger partial charge in [-0.15, -0.1) is 0 Å². The zero-order chi connectivity index (χ0) is 19.9. The van der Waals surface area contributed by atoms with E-state index < -0.39 is 0 Å². The Morgan fingerprint density at radius 1 is 0.821 bits per heavy atom. The van der Waals surface area contributed by atoms with Crippen LogP contribution in [0.4, 0.5) is 5.69 Å². The third-order valence-electron chi connectivity index (χ3n) is 5.94. The van der Waals surface area contributed by atoms with Crippen molar-refractivity contribution in [2.45, 2.75) is 39.5 Å². The molecule has 2 amide bonds. The van der Waals surface area contributed by atoms with Crippen molar-refractivity contribution in [3.63, 3.8) is 0 Å². The molecule has 2 heterocycles. The van der Waals surface area contributed by atoms with Gasteiger partial charge in [-0.2, -0.15) is 0 Å². The standard InChI is InChI=1S/C22H34N4O2/c1-18-7-8-20(15-19(18)2)23-21(27)16-24-11-13-25(14-12-24)17-22(28)26-9-5-3-4-6-10-26/h7-8,15H,3-6,9-14,16-17H2,1-2H3,(H,23,27). The molecular weight excluding hydrogens is 352 g/mol. The Morgan fingerprint density at radius 2 is 1.43 bits per heavy atom. The molecule has 0 bridgehead atoms. The van der Waals surface area contributed by atoms with Crippen LogP contribution in [0, 0.1) is 13.8 Å². The minimum Gasteiger partial charge on any atom is -0.342 e. The van der Waals surface area contributed by atoms with Crippen LogP contribution in [0.25, 0.3) is 0 Å². The second-order valence-electron chi connectivity index (χ2n) is 8.19. The monoisotopic (exact) mass is 386 g/mol. The van der Waals surface area contributed by atoms with E-state index in [0.29, 0.717) is 13.1 Å². The predicted octanol–water partition coefficient (Wildman–Crippen LogP) is 2.26. The lowest BCUT2D eigenvalue weighted by Gasteiger charge is -2.35. The molecule has 2 saturated heterocycles. The van der Waals surface area contributed by atoms with Gasteiger partial charge in [0, 0.05) is 45.0 Å². The van der Waals surface area contributed by atoms with E-state index >= 15 is 0 Å².